The number of hydrogen-bond donors (Lipinski definition) is 13. The molecule has 0 aliphatic rings. The quantitative estimate of drug-likeness (QED) is 0.0425. The Morgan fingerprint density at radius 3 is 0.472 bits per heavy atom. The second-order valence-electron chi connectivity index (χ2n) is 12.8. The third-order valence-electron chi connectivity index (χ3n) is 8.95. The van der Waals surface area contributed by atoms with Gasteiger partial charge in [0, 0.05) is 0 Å². The van der Waals surface area contributed by atoms with Gasteiger partial charge in [-0.1, -0.05) is 0 Å². The van der Waals surface area contributed by atoms with Crippen molar-refractivity contribution in [2.45, 2.75) is 6.92 Å². The van der Waals surface area contributed by atoms with Gasteiger partial charge in [0.15, 0.2) is 0 Å². The van der Waals surface area contributed by atoms with Crippen LogP contribution in [-0.2, 0) is 14.2 Å². The smallest absolute Gasteiger partial charge is 0.347 e. The Hall–Kier alpha value is -11.5. The van der Waals surface area contributed by atoms with E-state index in [1.807, 2.05) is 0 Å². The molecule has 0 amide bonds. The topological polar surface area (TPSA) is 598 Å². The largest absolute Gasteiger partial charge is 0.478 e. The summed E-state index contributed by atoms with van der Waals surface area (Å²) in [5.41, 5.74) is -42.6. The van der Waals surface area contributed by atoms with Crippen LogP contribution in [-0.4, -0.2) is 180 Å². The molecule has 0 aromatic heterocycles. The number of ether oxygens (including phenoxy) is 3. The Bertz CT molecular complexity index is 3120. The molecule has 13 N–H and O–H groups in total. The maximum Gasteiger partial charge on any atom is 0.347 e. The van der Waals surface area contributed by atoms with Crippen LogP contribution in [0.1, 0.15) is 193 Å². The average molecular weight is 1020 g/mol. The maximum atomic E-state index is 14.2. The lowest BCUT2D eigenvalue weighted by molar-refractivity contribution is 0.0345. The molecule has 0 atom stereocenters. The first-order valence-electron chi connectivity index (χ1n) is 17.6. The molecule has 34 nitrogen and oxygen atoms in total. The molecule has 374 valence electrons. The van der Waals surface area contributed by atoms with Gasteiger partial charge in [-0.15, -0.1) is 0 Å². The fourth-order valence-electron chi connectivity index (χ4n) is 6.63. The number of carboxylic acids is 13. The molecule has 0 aliphatic heterocycles. The number of aromatic carboxylic acids is 13. The highest BCUT2D eigenvalue weighted by molar-refractivity contribution is 6.29. The van der Waals surface area contributed by atoms with E-state index in [9.17, 15) is 153 Å². The van der Waals surface area contributed by atoms with E-state index in [0.29, 0.717) is 0 Å². The minimum Gasteiger partial charge on any atom is -0.478 e. The summed E-state index contributed by atoms with van der Waals surface area (Å²) in [6, 6.07) is 0. The molecule has 0 bridgehead atoms. The zero-order valence-corrected chi connectivity index (χ0v) is 34.1. The first-order chi connectivity index (χ1) is 33.1. The minimum absolute atomic E-state index is 0.903. The summed E-state index contributed by atoms with van der Waals surface area (Å²) in [7, 11) is 0. The van der Waals surface area contributed by atoms with Crippen molar-refractivity contribution in [2.24, 2.45) is 0 Å². The van der Waals surface area contributed by atoms with E-state index in [1.54, 1.807) is 0 Å². The molecule has 3 aromatic carbocycles. The number of hydrogen-bond acceptors (Lipinski definition) is 21. The number of rotatable bonds is 19. The molecule has 0 unspecified atom stereocenters. The molecular formula is C38H18O34. The molecule has 34 heteroatoms. The highest BCUT2D eigenvalue weighted by Crippen LogP contribution is 2.36. The zero-order chi connectivity index (χ0) is 55.6. The van der Waals surface area contributed by atoms with Crippen molar-refractivity contribution < 1.29 is 167 Å². The molecule has 0 saturated carbocycles. The van der Waals surface area contributed by atoms with Crippen molar-refractivity contribution >= 4 is 107 Å². The fourth-order valence-corrected chi connectivity index (χ4v) is 6.63. The maximum absolute atomic E-state index is 14.2. The van der Waals surface area contributed by atoms with Crippen LogP contribution in [0.2, 0.25) is 0 Å². The summed E-state index contributed by atoms with van der Waals surface area (Å²) in [6.07, 6.45) is 0. The van der Waals surface area contributed by atoms with Crippen molar-refractivity contribution in [3.05, 3.63) is 100 Å². The van der Waals surface area contributed by atoms with Gasteiger partial charge in [-0.05, 0) is 6.92 Å². The van der Waals surface area contributed by atoms with Crippen LogP contribution in [0.25, 0.3) is 0 Å². The number of carboxylic acid groups (broad SMARTS) is 13. The Balaban J connectivity index is 2.80. The average Bonchev–Trinajstić information content (AvgIpc) is 3.24. The van der Waals surface area contributed by atoms with Crippen LogP contribution in [0, 0.1) is 0 Å². The lowest BCUT2D eigenvalue weighted by atomic mass is 9.85. The molecule has 3 aromatic rings. The van der Waals surface area contributed by atoms with Gasteiger partial charge in [-0.2, -0.15) is 0 Å². The van der Waals surface area contributed by atoms with Crippen molar-refractivity contribution in [2.75, 3.05) is 6.61 Å². The van der Waals surface area contributed by atoms with Gasteiger partial charge in [0.25, 0.3) is 0 Å². The zero-order valence-electron chi connectivity index (χ0n) is 34.1. The van der Waals surface area contributed by atoms with E-state index in [1.165, 1.54) is 0 Å². The summed E-state index contributed by atoms with van der Waals surface area (Å²) in [5.74, 6) is -51.6. The minimum atomic E-state index is -3.16. The van der Waals surface area contributed by atoms with E-state index in [0.717, 1.165) is 6.92 Å². The van der Waals surface area contributed by atoms with Crippen molar-refractivity contribution in [3.8, 4) is 0 Å². The van der Waals surface area contributed by atoms with Crippen molar-refractivity contribution in [3.63, 3.8) is 0 Å². The highest BCUT2D eigenvalue weighted by atomic mass is 16.6. The van der Waals surface area contributed by atoms with Gasteiger partial charge >= 0.3 is 107 Å². The molecule has 0 saturated heterocycles. The van der Waals surface area contributed by atoms with E-state index in [-0.39, 0.29) is 0 Å². The van der Waals surface area contributed by atoms with Gasteiger partial charge in [0.2, 0.25) is 0 Å². The van der Waals surface area contributed by atoms with Crippen LogP contribution in [0.5, 0.6) is 0 Å². The summed E-state index contributed by atoms with van der Waals surface area (Å²) in [6.45, 7) is -0.0367. The number of benzene rings is 3. The Kier molecular flexibility index (Phi) is 15.4. The normalized spacial score (nSPS) is 10.4. The second-order valence-corrected chi connectivity index (χ2v) is 12.8. The van der Waals surface area contributed by atoms with Gasteiger partial charge < -0.3 is 80.6 Å². The summed E-state index contributed by atoms with van der Waals surface area (Å²) in [5, 5.41) is 129. The number of carbonyl (C=O) groups excluding carboxylic acids is 5. The first-order valence-corrected chi connectivity index (χ1v) is 17.6. The van der Waals surface area contributed by atoms with Gasteiger partial charge in [0.05, 0.1) is 107 Å². The van der Waals surface area contributed by atoms with E-state index in [2.05, 4.69) is 14.2 Å². The molecule has 0 aliphatic carbocycles. The molecule has 3 rings (SSSR count). The van der Waals surface area contributed by atoms with Crippen molar-refractivity contribution in [1.29, 1.82) is 0 Å². The SMILES string of the molecule is CCOC(=O)c1c(C(=O)O)c(C(=O)O)c(C(=O)OC(=O)c2c(C(=O)O)c(C(=O)O)c(C(=O)O)c(C(=O)O)c2C(=O)O)c(C(=O)OC(=O)c2c(C(=O)O)c(C(=O)O)c(C(=O)O)c(C(=O)O)c2C(=O)O)c1C(=O)O. The van der Waals surface area contributed by atoms with Crippen LogP contribution in [0.15, 0.2) is 0 Å². The predicted octanol–water partition coefficient (Wildman–Crippen LogP) is -0.0657. The van der Waals surface area contributed by atoms with Crippen molar-refractivity contribution in [1.82, 2.24) is 0 Å². The van der Waals surface area contributed by atoms with Crippen LogP contribution >= 0.6 is 0 Å². The molecule has 0 fully saturated rings. The molecule has 0 radical (unpaired) electrons. The third-order valence-corrected chi connectivity index (χ3v) is 8.95. The van der Waals surface area contributed by atoms with Crippen LogP contribution in [0.4, 0.5) is 0 Å². The fraction of sp³-hybridized carbons (Fsp3) is 0.0526. The van der Waals surface area contributed by atoms with Gasteiger partial charge in [-0.25, -0.2) is 86.3 Å². The summed E-state index contributed by atoms with van der Waals surface area (Å²) < 4.78 is 13.0. The van der Waals surface area contributed by atoms with Gasteiger partial charge in [0.1, 0.15) is 0 Å². The molecule has 0 heterocycles. The second kappa shape index (κ2) is 20.2. The summed E-state index contributed by atoms with van der Waals surface area (Å²) in [4.78, 5) is 231. The van der Waals surface area contributed by atoms with Crippen LogP contribution in [0.3, 0.4) is 0 Å². The Labute approximate surface area is 387 Å². The molecule has 72 heavy (non-hydrogen) atoms. The van der Waals surface area contributed by atoms with E-state index >= 15 is 0 Å². The number of esters is 5. The predicted molar refractivity (Wildman–Crippen MR) is 205 cm³/mol. The molecule has 0 spiro atoms. The Morgan fingerprint density at radius 2 is 0.333 bits per heavy atom. The molecular weight excluding hydrogens is 1000 g/mol. The standard InChI is InChI=1S/C38H18O34/c1-2-70-34(65)16-13(31(59)60)14(32(61)62)19(37(68)71-35(66)17-9(27(51)52)5(23(43)44)3(21(39)40)6(24(45)46)10(17)28(53)54)20(15(16)33(63)64)38(69)72-36(67)18-11(29(55)56)7(25(47)48)4(22(41)42)8(26(49)50)12(18)30(57)58/h2H2,1H3,(H,39,40)(H,41,42)(H,43,44)(H,45,46)(H,47,48)(H,49,50)(H,51,52)(H,53,54)(H,55,56)(H,57,58)(H,59,60)(H,61,62)(H,63,64). The summed E-state index contributed by atoms with van der Waals surface area (Å²) >= 11 is 0. The number of carbonyl (C=O) groups is 18. The van der Waals surface area contributed by atoms with Gasteiger partial charge in [-0.3, -0.25) is 0 Å². The third kappa shape index (κ3) is 9.40. The first kappa shape index (κ1) is 54.9. The lowest BCUT2D eigenvalue weighted by Crippen LogP contribution is -2.33. The van der Waals surface area contributed by atoms with E-state index < -0.39 is 214 Å². The monoisotopic (exact) mass is 1020 g/mol. The Morgan fingerprint density at radius 1 is 0.222 bits per heavy atom. The highest BCUT2D eigenvalue weighted by Gasteiger charge is 2.47. The lowest BCUT2D eigenvalue weighted by Gasteiger charge is -2.20. The van der Waals surface area contributed by atoms with E-state index in [4.69, 9.17) is 0 Å². The van der Waals surface area contributed by atoms with Crippen LogP contribution < -0.4 is 0 Å².